The summed E-state index contributed by atoms with van der Waals surface area (Å²) in [5, 5.41) is 9.40. The lowest BCUT2D eigenvalue weighted by molar-refractivity contribution is -0.153. The van der Waals surface area contributed by atoms with Crippen LogP contribution in [-0.2, 0) is 19.1 Å². The van der Waals surface area contributed by atoms with Gasteiger partial charge in [-0.2, -0.15) is 0 Å². The van der Waals surface area contributed by atoms with E-state index < -0.39 is 28.2 Å². The van der Waals surface area contributed by atoms with E-state index in [2.05, 4.69) is 20.1 Å². The maximum atomic E-state index is 14.1. The van der Waals surface area contributed by atoms with Crippen molar-refractivity contribution < 1.29 is 24.2 Å². The molecule has 3 rings (SSSR count). The summed E-state index contributed by atoms with van der Waals surface area (Å²) < 4.78 is 4.70. The highest BCUT2D eigenvalue weighted by atomic mass is 32.2. The predicted octanol–water partition coefficient (Wildman–Crippen LogP) is 2.25. The molecule has 2 amide bonds. The Bertz CT molecular complexity index is 794. The summed E-state index contributed by atoms with van der Waals surface area (Å²) in [4.78, 5) is 44.2. The zero-order valence-corrected chi connectivity index (χ0v) is 20.4. The fourth-order valence-electron chi connectivity index (χ4n) is 5.76. The first-order chi connectivity index (χ1) is 15.1. The Morgan fingerprint density at radius 2 is 2.03 bits per heavy atom. The molecular weight excluding hydrogens is 428 g/mol. The molecule has 0 radical (unpaired) electrons. The number of carbonyl (C=O) groups is 3. The van der Waals surface area contributed by atoms with Crippen LogP contribution in [-0.4, -0.2) is 80.6 Å². The Kier molecular flexibility index (Phi) is 7.15. The van der Waals surface area contributed by atoms with Gasteiger partial charge in [0.25, 0.3) is 0 Å². The van der Waals surface area contributed by atoms with Crippen LogP contribution in [0.4, 0.5) is 0 Å². The number of rotatable bonds is 9. The highest BCUT2D eigenvalue weighted by molar-refractivity contribution is 8.02. The van der Waals surface area contributed by atoms with Crippen LogP contribution in [0.25, 0.3) is 0 Å². The van der Waals surface area contributed by atoms with E-state index >= 15 is 0 Å². The molecule has 8 heteroatoms. The van der Waals surface area contributed by atoms with Crippen molar-refractivity contribution in [3.63, 3.8) is 0 Å². The molecule has 7 nitrogen and oxygen atoms in total. The maximum absolute atomic E-state index is 14.1. The zero-order valence-electron chi connectivity index (χ0n) is 19.6. The molecule has 3 heterocycles. The van der Waals surface area contributed by atoms with E-state index in [9.17, 15) is 19.5 Å². The molecule has 0 aromatic carbocycles. The van der Waals surface area contributed by atoms with Crippen molar-refractivity contribution >= 4 is 29.5 Å². The molecule has 0 saturated carbocycles. The first-order valence-electron chi connectivity index (χ1n) is 11.3. The number of aliphatic hydroxyl groups excluding tert-OH is 1. The molecule has 178 valence electrons. The number of nitrogens with zero attached hydrogens (tertiary/aromatic N) is 2. The lowest BCUT2D eigenvalue weighted by Crippen LogP contribution is -2.60. The molecule has 3 fully saturated rings. The van der Waals surface area contributed by atoms with Crippen molar-refractivity contribution in [2.75, 3.05) is 26.3 Å². The second kappa shape index (κ2) is 9.21. The Hall–Kier alpha value is -1.80. The Labute approximate surface area is 195 Å². The fourth-order valence-corrected chi connectivity index (χ4v) is 8.16. The van der Waals surface area contributed by atoms with Crippen LogP contribution in [0, 0.1) is 17.8 Å². The first-order valence-corrected chi connectivity index (χ1v) is 12.2. The van der Waals surface area contributed by atoms with Gasteiger partial charge >= 0.3 is 5.97 Å². The number of hydrogen-bond acceptors (Lipinski definition) is 6. The van der Waals surface area contributed by atoms with Crippen molar-refractivity contribution in [3.8, 4) is 0 Å². The van der Waals surface area contributed by atoms with Crippen molar-refractivity contribution in [1.82, 2.24) is 9.80 Å². The van der Waals surface area contributed by atoms with Gasteiger partial charge in [0, 0.05) is 30.5 Å². The van der Waals surface area contributed by atoms with E-state index in [1.807, 2.05) is 20.8 Å². The minimum Gasteiger partial charge on any atom is -0.461 e. The van der Waals surface area contributed by atoms with Gasteiger partial charge in [-0.25, -0.2) is 0 Å². The molecule has 3 unspecified atom stereocenters. The lowest BCUT2D eigenvalue weighted by Gasteiger charge is -2.44. The van der Waals surface area contributed by atoms with Gasteiger partial charge in [0.2, 0.25) is 11.8 Å². The van der Waals surface area contributed by atoms with Crippen LogP contribution in [0.3, 0.4) is 0 Å². The average molecular weight is 465 g/mol. The van der Waals surface area contributed by atoms with E-state index in [0.29, 0.717) is 13.0 Å². The third-order valence-electron chi connectivity index (χ3n) is 7.04. The van der Waals surface area contributed by atoms with Gasteiger partial charge in [-0.1, -0.05) is 25.7 Å². The molecule has 0 aromatic heterocycles. The smallest absolute Gasteiger partial charge is 0.311 e. The van der Waals surface area contributed by atoms with Crippen LogP contribution in [0.5, 0.6) is 0 Å². The van der Waals surface area contributed by atoms with Gasteiger partial charge in [-0.3, -0.25) is 14.4 Å². The number of hydrogen-bond donors (Lipinski definition) is 1. The van der Waals surface area contributed by atoms with Gasteiger partial charge in [0.05, 0.1) is 16.6 Å². The van der Waals surface area contributed by atoms with Gasteiger partial charge < -0.3 is 19.6 Å². The quantitative estimate of drug-likeness (QED) is 0.416. The SMILES string of the molecule is C=CCOC(=O)[C@@H]1[C@@H]2CC(C)C3(S2)C(C(=O)N(CC=C)C(C)(C)C)N(CCCO)C(=O)[C@H]13. The van der Waals surface area contributed by atoms with Crippen LogP contribution in [0.15, 0.2) is 25.3 Å². The molecule has 6 atom stereocenters. The number of likely N-dealkylation sites (tertiary alicyclic amines) is 1. The minimum absolute atomic E-state index is 0.0472. The monoisotopic (exact) mass is 464 g/mol. The predicted molar refractivity (Wildman–Crippen MR) is 125 cm³/mol. The Balaban J connectivity index is 2.08. The molecule has 0 aromatic rings. The number of ether oxygens (including phenoxy) is 1. The molecule has 3 aliphatic rings. The third kappa shape index (κ3) is 3.79. The summed E-state index contributed by atoms with van der Waals surface area (Å²) in [6.07, 6.45) is 4.36. The molecule has 1 N–H and O–H groups in total. The summed E-state index contributed by atoms with van der Waals surface area (Å²) in [5.41, 5.74) is -0.460. The van der Waals surface area contributed by atoms with Crippen molar-refractivity contribution in [2.24, 2.45) is 17.8 Å². The van der Waals surface area contributed by atoms with E-state index in [1.54, 1.807) is 27.6 Å². The molecule has 32 heavy (non-hydrogen) atoms. The highest BCUT2D eigenvalue weighted by Gasteiger charge is 2.76. The number of esters is 1. The zero-order chi connectivity index (χ0) is 23.8. The topological polar surface area (TPSA) is 87.2 Å². The molecular formula is C24H36N2O5S. The Morgan fingerprint density at radius 1 is 1.34 bits per heavy atom. The number of thioether (sulfide) groups is 1. The largest absolute Gasteiger partial charge is 0.461 e. The highest BCUT2D eigenvalue weighted by Crippen LogP contribution is 2.68. The summed E-state index contributed by atoms with van der Waals surface area (Å²) in [7, 11) is 0. The molecule has 2 bridgehead atoms. The summed E-state index contributed by atoms with van der Waals surface area (Å²) in [6, 6.07) is -0.687. The van der Waals surface area contributed by atoms with Gasteiger partial charge in [0.15, 0.2) is 0 Å². The Morgan fingerprint density at radius 3 is 2.59 bits per heavy atom. The average Bonchev–Trinajstić information content (AvgIpc) is 3.31. The molecule has 0 aliphatic carbocycles. The standard InChI is InChI=1S/C24H36N2O5S/c1-7-10-26(23(4,5)6)21(29)19-24-15(3)14-16(32-24)17(22(30)31-13-8-2)18(24)20(28)25(19)11-9-12-27/h7-8,15-19,27H,1-2,9-14H2,3-6H3/t15?,16-,17+,18-,19?,24?/m0/s1. The maximum Gasteiger partial charge on any atom is 0.311 e. The van der Waals surface area contributed by atoms with Crippen molar-refractivity contribution in [1.29, 1.82) is 0 Å². The fraction of sp³-hybridized carbons (Fsp3) is 0.708. The summed E-state index contributed by atoms with van der Waals surface area (Å²) >= 11 is 1.63. The van der Waals surface area contributed by atoms with Crippen molar-refractivity contribution in [3.05, 3.63) is 25.3 Å². The summed E-state index contributed by atoms with van der Waals surface area (Å²) in [6.45, 7) is 16.1. The van der Waals surface area contributed by atoms with E-state index in [1.165, 1.54) is 6.08 Å². The van der Waals surface area contributed by atoms with Crippen LogP contribution < -0.4 is 0 Å². The normalized spacial score (nSPS) is 33.2. The minimum atomic E-state index is -0.687. The summed E-state index contributed by atoms with van der Waals surface area (Å²) in [5.74, 6) is -1.76. The molecule has 1 spiro atoms. The third-order valence-corrected chi connectivity index (χ3v) is 9.12. The number of amides is 2. The van der Waals surface area contributed by atoms with Gasteiger partial charge in [0.1, 0.15) is 12.6 Å². The van der Waals surface area contributed by atoms with Gasteiger partial charge in [-0.05, 0) is 39.5 Å². The number of fused-ring (bicyclic) bond motifs is 1. The van der Waals surface area contributed by atoms with Crippen LogP contribution >= 0.6 is 11.8 Å². The first kappa shape index (κ1) is 24.8. The van der Waals surface area contributed by atoms with E-state index in [4.69, 9.17) is 4.74 Å². The number of aliphatic hydroxyl groups is 1. The lowest BCUT2D eigenvalue weighted by atomic mass is 9.66. The van der Waals surface area contributed by atoms with E-state index in [-0.39, 0.29) is 48.7 Å². The van der Waals surface area contributed by atoms with Crippen molar-refractivity contribution in [2.45, 2.75) is 62.1 Å². The van der Waals surface area contributed by atoms with E-state index in [0.717, 1.165) is 6.42 Å². The van der Waals surface area contributed by atoms with Gasteiger partial charge in [-0.15, -0.1) is 18.3 Å². The second-order valence-corrected chi connectivity index (χ2v) is 11.5. The second-order valence-electron chi connectivity index (χ2n) is 9.99. The van der Waals surface area contributed by atoms with Crippen LogP contribution in [0.1, 0.15) is 40.5 Å². The molecule has 3 saturated heterocycles. The number of carbonyl (C=O) groups excluding carboxylic acids is 3. The molecule has 3 aliphatic heterocycles. The van der Waals surface area contributed by atoms with Crippen LogP contribution in [0.2, 0.25) is 0 Å².